The Labute approximate surface area is 130 Å². The van der Waals surface area contributed by atoms with Gasteiger partial charge in [0.25, 0.3) is 0 Å². The minimum Gasteiger partial charge on any atom is -0.336 e. The SMILES string of the molecule is C[C@@H]1C[C@H](F)CN1C(=O)CNC1CCC(Cn2cncn2)C1. The maximum Gasteiger partial charge on any atom is 0.236 e. The van der Waals surface area contributed by atoms with Gasteiger partial charge in [-0.15, -0.1) is 0 Å². The minimum absolute atomic E-state index is 0.0207. The van der Waals surface area contributed by atoms with Crippen molar-refractivity contribution in [1.29, 1.82) is 0 Å². The molecule has 1 aliphatic carbocycles. The number of rotatable bonds is 5. The maximum absolute atomic E-state index is 13.3. The molecule has 1 saturated heterocycles. The van der Waals surface area contributed by atoms with E-state index in [2.05, 4.69) is 15.4 Å². The summed E-state index contributed by atoms with van der Waals surface area (Å²) < 4.78 is 15.2. The van der Waals surface area contributed by atoms with Crippen LogP contribution in [0.5, 0.6) is 0 Å². The molecular weight excluding hydrogens is 285 g/mol. The molecule has 0 radical (unpaired) electrons. The Balaban J connectivity index is 1.40. The summed E-state index contributed by atoms with van der Waals surface area (Å²) in [5.41, 5.74) is 0. The molecule has 2 heterocycles. The molecule has 4 atom stereocenters. The number of halogens is 1. The van der Waals surface area contributed by atoms with Crippen LogP contribution in [0.2, 0.25) is 0 Å². The molecule has 1 aromatic rings. The number of carbonyl (C=O) groups excluding carboxylic acids is 1. The lowest BCUT2D eigenvalue weighted by Gasteiger charge is -2.22. The van der Waals surface area contributed by atoms with Gasteiger partial charge in [0.05, 0.1) is 13.1 Å². The Morgan fingerprint density at radius 1 is 1.41 bits per heavy atom. The molecular formula is C15H24FN5O. The van der Waals surface area contributed by atoms with E-state index in [0.717, 1.165) is 25.8 Å². The first-order valence-electron chi connectivity index (χ1n) is 8.11. The van der Waals surface area contributed by atoms with Crippen LogP contribution >= 0.6 is 0 Å². The van der Waals surface area contributed by atoms with Gasteiger partial charge in [0.2, 0.25) is 5.91 Å². The summed E-state index contributed by atoms with van der Waals surface area (Å²) in [4.78, 5) is 17.8. The number of nitrogens with one attached hydrogen (secondary N) is 1. The highest BCUT2D eigenvalue weighted by molar-refractivity contribution is 5.79. The molecule has 1 amide bonds. The van der Waals surface area contributed by atoms with E-state index in [1.54, 1.807) is 17.6 Å². The van der Waals surface area contributed by atoms with Gasteiger partial charge in [-0.25, -0.2) is 9.37 Å². The number of likely N-dealkylation sites (tertiary alicyclic amines) is 1. The van der Waals surface area contributed by atoms with Crippen molar-refractivity contribution < 1.29 is 9.18 Å². The molecule has 1 saturated carbocycles. The Morgan fingerprint density at radius 2 is 2.27 bits per heavy atom. The molecule has 22 heavy (non-hydrogen) atoms. The second kappa shape index (κ2) is 6.73. The van der Waals surface area contributed by atoms with E-state index in [1.165, 1.54) is 0 Å². The van der Waals surface area contributed by atoms with Crippen molar-refractivity contribution in [2.75, 3.05) is 13.1 Å². The van der Waals surface area contributed by atoms with E-state index in [0.29, 0.717) is 24.9 Å². The highest BCUT2D eigenvalue weighted by Gasteiger charge is 2.32. The zero-order valence-corrected chi connectivity index (χ0v) is 13.0. The van der Waals surface area contributed by atoms with Gasteiger partial charge in [0, 0.05) is 25.0 Å². The van der Waals surface area contributed by atoms with Crippen LogP contribution in [0.15, 0.2) is 12.7 Å². The summed E-state index contributed by atoms with van der Waals surface area (Å²) in [7, 11) is 0. The number of hydrogen-bond acceptors (Lipinski definition) is 4. The van der Waals surface area contributed by atoms with Gasteiger partial charge >= 0.3 is 0 Å². The maximum atomic E-state index is 13.3. The lowest BCUT2D eigenvalue weighted by Crippen LogP contribution is -2.42. The van der Waals surface area contributed by atoms with Gasteiger partial charge in [-0.1, -0.05) is 0 Å². The number of hydrogen-bond donors (Lipinski definition) is 1. The lowest BCUT2D eigenvalue weighted by molar-refractivity contribution is -0.131. The standard InChI is InChI=1S/C15H24FN5O/c1-11-4-13(16)8-21(11)15(22)6-18-14-3-2-12(5-14)7-20-10-17-9-19-20/h9-14,18H,2-8H2,1H3/t11-,12?,13+,14?/m1/s1. The van der Waals surface area contributed by atoms with Crippen LogP contribution in [0, 0.1) is 5.92 Å². The van der Waals surface area contributed by atoms with Gasteiger partial charge in [-0.3, -0.25) is 9.48 Å². The molecule has 3 rings (SSSR count). The fourth-order valence-electron chi connectivity index (χ4n) is 3.66. The lowest BCUT2D eigenvalue weighted by atomic mass is 10.1. The molecule has 2 unspecified atom stereocenters. The van der Waals surface area contributed by atoms with Crippen molar-refractivity contribution in [2.24, 2.45) is 5.92 Å². The average Bonchev–Trinajstić information content (AvgIpc) is 3.19. The van der Waals surface area contributed by atoms with Crippen LogP contribution in [0.25, 0.3) is 0 Å². The first-order chi connectivity index (χ1) is 10.6. The van der Waals surface area contributed by atoms with Gasteiger partial charge in [-0.05, 0) is 32.1 Å². The quantitative estimate of drug-likeness (QED) is 0.881. The highest BCUT2D eigenvalue weighted by Crippen LogP contribution is 2.27. The Kier molecular flexibility index (Phi) is 4.71. The topological polar surface area (TPSA) is 63.1 Å². The number of carbonyl (C=O) groups is 1. The normalized spacial score (nSPS) is 31.8. The fourth-order valence-corrected chi connectivity index (χ4v) is 3.66. The molecule has 0 bridgehead atoms. The molecule has 1 aliphatic heterocycles. The zero-order valence-electron chi connectivity index (χ0n) is 13.0. The summed E-state index contributed by atoms with van der Waals surface area (Å²) in [5, 5.41) is 7.48. The Bertz CT molecular complexity index is 494. The molecule has 2 aliphatic rings. The third-order valence-electron chi connectivity index (χ3n) is 4.84. The predicted octanol–water partition coefficient (Wildman–Crippen LogP) is 0.995. The van der Waals surface area contributed by atoms with Crippen LogP contribution in [-0.2, 0) is 11.3 Å². The molecule has 1 aromatic heterocycles. The van der Waals surface area contributed by atoms with Crippen molar-refractivity contribution in [3.63, 3.8) is 0 Å². The van der Waals surface area contributed by atoms with Crippen LogP contribution < -0.4 is 5.32 Å². The number of alkyl halides is 1. The van der Waals surface area contributed by atoms with E-state index >= 15 is 0 Å². The van der Waals surface area contributed by atoms with Crippen LogP contribution in [0.4, 0.5) is 4.39 Å². The van der Waals surface area contributed by atoms with Crippen molar-refractivity contribution >= 4 is 5.91 Å². The Morgan fingerprint density at radius 3 is 2.95 bits per heavy atom. The van der Waals surface area contributed by atoms with E-state index < -0.39 is 6.17 Å². The minimum atomic E-state index is -0.863. The van der Waals surface area contributed by atoms with Crippen molar-refractivity contribution in [3.8, 4) is 0 Å². The average molecular weight is 309 g/mol. The van der Waals surface area contributed by atoms with Gasteiger partial charge in [0.15, 0.2) is 0 Å². The summed E-state index contributed by atoms with van der Waals surface area (Å²) in [5.74, 6) is 0.600. The smallest absolute Gasteiger partial charge is 0.236 e. The van der Waals surface area contributed by atoms with E-state index in [4.69, 9.17) is 0 Å². The molecule has 0 spiro atoms. The number of amides is 1. The second-order valence-corrected chi connectivity index (χ2v) is 6.60. The predicted molar refractivity (Wildman–Crippen MR) is 79.8 cm³/mol. The molecule has 1 N–H and O–H groups in total. The molecule has 2 fully saturated rings. The summed E-state index contributed by atoms with van der Waals surface area (Å²) >= 11 is 0. The summed E-state index contributed by atoms with van der Waals surface area (Å²) in [6, 6.07) is 0.393. The number of nitrogens with zero attached hydrogens (tertiary/aromatic N) is 4. The molecule has 0 aromatic carbocycles. The summed E-state index contributed by atoms with van der Waals surface area (Å²) in [6.07, 6.45) is 6.17. The van der Waals surface area contributed by atoms with Gasteiger partial charge in [0.1, 0.15) is 18.8 Å². The third kappa shape index (κ3) is 3.63. The second-order valence-electron chi connectivity index (χ2n) is 6.60. The monoisotopic (exact) mass is 309 g/mol. The van der Waals surface area contributed by atoms with Crippen LogP contribution in [0.3, 0.4) is 0 Å². The molecule has 6 nitrogen and oxygen atoms in total. The van der Waals surface area contributed by atoms with Crippen molar-refractivity contribution in [3.05, 3.63) is 12.7 Å². The zero-order chi connectivity index (χ0) is 15.5. The van der Waals surface area contributed by atoms with E-state index in [-0.39, 0.29) is 18.5 Å². The fraction of sp³-hybridized carbons (Fsp3) is 0.800. The van der Waals surface area contributed by atoms with Gasteiger partial charge < -0.3 is 10.2 Å². The van der Waals surface area contributed by atoms with Crippen molar-refractivity contribution in [1.82, 2.24) is 25.0 Å². The molecule has 122 valence electrons. The van der Waals surface area contributed by atoms with Crippen LogP contribution in [-0.4, -0.2) is 56.9 Å². The Hall–Kier alpha value is -1.50. The third-order valence-corrected chi connectivity index (χ3v) is 4.84. The van der Waals surface area contributed by atoms with Crippen LogP contribution in [0.1, 0.15) is 32.6 Å². The first-order valence-corrected chi connectivity index (χ1v) is 8.11. The first kappa shape index (κ1) is 15.4. The van der Waals surface area contributed by atoms with E-state index in [1.807, 2.05) is 11.6 Å². The highest BCUT2D eigenvalue weighted by atomic mass is 19.1. The van der Waals surface area contributed by atoms with E-state index in [9.17, 15) is 9.18 Å². The largest absolute Gasteiger partial charge is 0.336 e. The summed E-state index contributed by atoms with van der Waals surface area (Å²) in [6.45, 7) is 3.37. The number of aromatic nitrogens is 3. The van der Waals surface area contributed by atoms with Gasteiger partial charge in [-0.2, -0.15) is 5.10 Å². The molecule has 7 heteroatoms. The van der Waals surface area contributed by atoms with Crippen molar-refractivity contribution in [2.45, 2.75) is 57.4 Å².